The van der Waals surface area contributed by atoms with Gasteiger partial charge >= 0.3 is 0 Å². The van der Waals surface area contributed by atoms with E-state index in [2.05, 4.69) is 10.3 Å². The maximum atomic E-state index is 12.1. The monoisotopic (exact) mass is 292 g/mol. The number of hydrogen-bond acceptors (Lipinski definition) is 3. The van der Waals surface area contributed by atoms with Gasteiger partial charge in [0.15, 0.2) is 0 Å². The minimum absolute atomic E-state index is 0.112. The summed E-state index contributed by atoms with van der Waals surface area (Å²) in [6, 6.07) is 7.27. The number of amides is 1. The SMILES string of the molecule is C[C@H](NC(=O)c1cn(CCN)cn1)c1ccc(Cl)cc1. The third-order valence-corrected chi connectivity index (χ3v) is 3.22. The van der Waals surface area contributed by atoms with Crippen molar-refractivity contribution >= 4 is 17.5 Å². The Balaban J connectivity index is 2.01. The van der Waals surface area contributed by atoms with Crippen LogP contribution in [0.4, 0.5) is 0 Å². The van der Waals surface area contributed by atoms with E-state index in [-0.39, 0.29) is 11.9 Å². The van der Waals surface area contributed by atoms with Crippen LogP contribution in [0.25, 0.3) is 0 Å². The molecule has 2 rings (SSSR count). The first-order valence-corrected chi connectivity index (χ1v) is 6.76. The fraction of sp³-hybridized carbons (Fsp3) is 0.286. The molecule has 1 aromatic heterocycles. The number of nitrogens with zero attached hydrogens (tertiary/aromatic N) is 2. The van der Waals surface area contributed by atoms with Crippen LogP contribution in [0.1, 0.15) is 29.0 Å². The zero-order valence-corrected chi connectivity index (χ0v) is 12.0. The van der Waals surface area contributed by atoms with E-state index in [1.807, 2.05) is 19.1 Å². The van der Waals surface area contributed by atoms with Crippen LogP contribution in [0.2, 0.25) is 5.02 Å². The molecule has 0 saturated heterocycles. The van der Waals surface area contributed by atoms with Crippen LogP contribution in [0, 0.1) is 0 Å². The van der Waals surface area contributed by atoms with Crippen molar-refractivity contribution in [2.24, 2.45) is 5.73 Å². The molecule has 0 aliphatic carbocycles. The number of aromatic nitrogens is 2. The summed E-state index contributed by atoms with van der Waals surface area (Å²) in [5.41, 5.74) is 6.83. The van der Waals surface area contributed by atoms with Crippen LogP contribution in [-0.2, 0) is 6.54 Å². The number of carbonyl (C=O) groups is 1. The van der Waals surface area contributed by atoms with Gasteiger partial charge in [-0.05, 0) is 24.6 Å². The Morgan fingerprint density at radius 3 is 2.80 bits per heavy atom. The first-order chi connectivity index (χ1) is 9.60. The van der Waals surface area contributed by atoms with Crippen LogP contribution in [0.3, 0.4) is 0 Å². The lowest BCUT2D eigenvalue weighted by Crippen LogP contribution is -2.26. The van der Waals surface area contributed by atoms with E-state index in [1.54, 1.807) is 29.2 Å². The van der Waals surface area contributed by atoms with E-state index >= 15 is 0 Å². The maximum Gasteiger partial charge on any atom is 0.271 e. The minimum atomic E-state index is -0.205. The van der Waals surface area contributed by atoms with Crippen LogP contribution >= 0.6 is 11.6 Å². The maximum absolute atomic E-state index is 12.1. The molecule has 1 aromatic carbocycles. The predicted octanol–water partition coefficient (Wildman–Crippen LogP) is 1.99. The molecule has 0 saturated carbocycles. The molecule has 0 bridgehead atoms. The molecule has 0 aliphatic heterocycles. The van der Waals surface area contributed by atoms with Gasteiger partial charge < -0.3 is 15.6 Å². The van der Waals surface area contributed by atoms with Gasteiger partial charge in [0.25, 0.3) is 5.91 Å². The van der Waals surface area contributed by atoms with Crippen LogP contribution in [0.5, 0.6) is 0 Å². The lowest BCUT2D eigenvalue weighted by atomic mass is 10.1. The first kappa shape index (κ1) is 14.6. The summed E-state index contributed by atoms with van der Waals surface area (Å²) < 4.78 is 1.79. The number of hydrogen-bond donors (Lipinski definition) is 2. The van der Waals surface area contributed by atoms with E-state index < -0.39 is 0 Å². The Kier molecular flexibility index (Phi) is 4.76. The summed E-state index contributed by atoms with van der Waals surface area (Å²) >= 11 is 5.84. The Morgan fingerprint density at radius 1 is 1.45 bits per heavy atom. The summed E-state index contributed by atoms with van der Waals surface area (Å²) in [4.78, 5) is 16.1. The Labute approximate surface area is 122 Å². The fourth-order valence-electron chi connectivity index (χ4n) is 1.85. The number of carbonyl (C=O) groups excluding carboxylic acids is 1. The Morgan fingerprint density at radius 2 is 2.15 bits per heavy atom. The van der Waals surface area contributed by atoms with Gasteiger partial charge in [0.1, 0.15) is 5.69 Å². The van der Waals surface area contributed by atoms with E-state index in [1.165, 1.54) is 0 Å². The molecule has 5 nitrogen and oxygen atoms in total. The highest BCUT2D eigenvalue weighted by Gasteiger charge is 2.13. The molecule has 20 heavy (non-hydrogen) atoms. The quantitative estimate of drug-likeness (QED) is 0.885. The molecule has 0 radical (unpaired) electrons. The number of rotatable bonds is 5. The number of nitrogens with two attached hydrogens (primary N) is 1. The topological polar surface area (TPSA) is 72.9 Å². The van der Waals surface area contributed by atoms with Gasteiger partial charge in [-0.15, -0.1) is 0 Å². The Hall–Kier alpha value is -1.85. The summed E-state index contributed by atoms with van der Waals surface area (Å²) in [6.45, 7) is 3.07. The first-order valence-electron chi connectivity index (χ1n) is 6.38. The minimum Gasteiger partial charge on any atom is -0.344 e. The van der Waals surface area contributed by atoms with Crippen LogP contribution in [-0.4, -0.2) is 22.0 Å². The molecule has 1 amide bonds. The van der Waals surface area contributed by atoms with E-state index in [0.29, 0.717) is 23.8 Å². The van der Waals surface area contributed by atoms with Gasteiger partial charge in [-0.25, -0.2) is 4.98 Å². The largest absolute Gasteiger partial charge is 0.344 e. The zero-order valence-electron chi connectivity index (χ0n) is 11.2. The molecular weight excluding hydrogens is 276 g/mol. The summed E-state index contributed by atoms with van der Waals surface area (Å²) in [7, 11) is 0. The smallest absolute Gasteiger partial charge is 0.271 e. The normalized spacial score (nSPS) is 12.2. The number of halogens is 1. The van der Waals surface area contributed by atoms with E-state index in [4.69, 9.17) is 17.3 Å². The van der Waals surface area contributed by atoms with Crippen LogP contribution in [0.15, 0.2) is 36.8 Å². The average Bonchev–Trinajstić information content (AvgIpc) is 2.88. The molecule has 3 N–H and O–H groups in total. The lowest BCUT2D eigenvalue weighted by molar-refractivity contribution is 0.0935. The van der Waals surface area contributed by atoms with E-state index in [0.717, 1.165) is 5.56 Å². The second-order valence-electron chi connectivity index (χ2n) is 4.53. The van der Waals surface area contributed by atoms with Gasteiger partial charge in [0.2, 0.25) is 0 Å². The van der Waals surface area contributed by atoms with Crippen molar-refractivity contribution in [2.75, 3.05) is 6.54 Å². The highest BCUT2D eigenvalue weighted by atomic mass is 35.5. The second-order valence-corrected chi connectivity index (χ2v) is 4.97. The summed E-state index contributed by atoms with van der Waals surface area (Å²) in [6.07, 6.45) is 3.30. The highest BCUT2D eigenvalue weighted by molar-refractivity contribution is 6.30. The number of imidazole rings is 1. The van der Waals surface area contributed by atoms with Crippen molar-refractivity contribution < 1.29 is 4.79 Å². The summed E-state index contributed by atoms with van der Waals surface area (Å²) in [5, 5.41) is 3.57. The molecule has 1 atom stereocenters. The van der Waals surface area contributed by atoms with Gasteiger partial charge in [0, 0.05) is 24.3 Å². The van der Waals surface area contributed by atoms with Gasteiger partial charge in [-0.1, -0.05) is 23.7 Å². The van der Waals surface area contributed by atoms with Crippen molar-refractivity contribution in [3.05, 3.63) is 53.1 Å². The highest BCUT2D eigenvalue weighted by Crippen LogP contribution is 2.16. The predicted molar refractivity (Wildman–Crippen MR) is 78.6 cm³/mol. The second kappa shape index (κ2) is 6.54. The van der Waals surface area contributed by atoms with Gasteiger partial charge in [-0.3, -0.25) is 4.79 Å². The zero-order chi connectivity index (χ0) is 14.5. The van der Waals surface area contributed by atoms with Gasteiger partial charge in [-0.2, -0.15) is 0 Å². The van der Waals surface area contributed by atoms with E-state index in [9.17, 15) is 4.79 Å². The fourth-order valence-corrected chi connectivity index (χ4v) is 1.98. The van der Waals surface area contributed by atoms with Crippen LogP contribution < -0.4 is 11.1 Å². The molecule has 0 fully saturated rings. The molecular formula is C14H17ClN4O. The standard InChI is InChI=1S/C14H17ClN4O/c1-10(11-2-4-12(15)5-3-11)18-14(20)13-8-19(7-6-16)9-17-13/h2-5,8-10H,6-7,16H2,1H3,(H,18,20)/t10-/m0/s1. The number of benzene rings is 1. The van der Waals surface area contributed by atoms with Crippen molar-refractivity contribution in [3.8, 4) is 0 Å². The molecule has 6 heteroatoms. The lowest BCUT2D eigenvalue weighted by Gasteiger charge is -2.13. The van der Waals surface area contributed by atoms with Crippen molar-refractivity contribution in [3.63, 3.8) is 0 Å². The summed E-state index contributed by atoms with van der Waals surface area (Å²) in [5.74, 6) is -0.205. The Bertz CT molecular complexity index is 579. The molecule has 0 unspecified atom stereocenters. The average molecular weight is 293 g/mol. The van der Waals surface area contributed by atoms with Gasteiger partial charge in [0.05, 0.1) is 12.4 Å². The van der Waals surface area contributed by atoms with Crippen molar-refractivity contribution in [1.82, 2.24) is 14.9 Å². The molecule has 0 spiro atoms. The van der Waals surface area contributed by atoms with Crippen molar-refractivity contribution in [2.45, 2.75) is 19.5 Å². The molecule has 0 aliphatic rings. The third kappa shape index (κ3) is 3.59. The third-order valence-electron chi connectivity index (χ3n) is 2.97. The molecule has 2 aromatic rings. The molecule has 1 heterocycles. The molecule has 106 valence electrons. The number of nitrogens with one attached hydrogen (secondary N) is 1. The van der Waals surface area contributed by atoms with Crippen molar-refractivity contribution in [1.29, 1.82) is 0 Å².